The third-order valence-corrected chi connectivity index (χ3v) is 1.84. The van der Waals surface area contributed by atoms with Gasteiger partial charge in [0.2, 0.25) is 0 Å². The third-order valence-electron chi connectivity index (χ3n) is 1.84. The fourth-order valence-corrected chi connectivity index (χ4v) is 0.956. The molecule has 0 bridgehead atoms. The minimum absolute atomic E-state index is 0.172. The summed E-state index contributed by atoms with van der Waals surface area (Å²) in [7, 11) is 0. The molecule has 0 spiro atoms. The van der Waals surface area contributed by atoms with Gasteiger partial charge in [-0.25, -0.2) is 0 Å². The Labute approximate surface area is 68.6 Å². The van der Waals surface area contributed by atoms with Crippen molar-refractivity contribution in [2.24, 2.45) is 11.8 Å². The Hall–Kier alpha value is -0.530. The number of aliphatic carboxylic acids is 1. The van der Waals surface area contributed by atoms with E-state index in [0.717, 1.165) is 19.3 Å². The molecule has 0 unspecified atom stereocenters. The molecule has 0 aliphatic rings. The van der Waals surface area contributed by atoms with Gasteiger partial charge in [0.1, 0.15) is 0 Å². The number of carbonyl (C=O) groups is 1. The number of hydrogen-bond donors (Lipinski definition) is 1. The first kappa shape index (κ1) is 10.5. The molecule has 2 nitrogen and oxygen atoms in total. The van der Waals surface area contributed by atoms with E-state index in [1.807, 2.05) is 0 Å². The summed E-state index contributed by atoms with van der Waals surface area (Å²) in [5.74, 6) is -0.154. The first-order chi connectivity index (χ1) is 5.04. The average molecular weight is 158 g/mol. The molecule has 0 fully saturated rings. The van der Waals surface area contributed by atoms with E-state index in [4.69, 9.17) is 5.11 Å². The lowest BCUT2D eigenvalue weighted by Crippen LogP contribution is -2.09. The molecular weight excluding hydrogens is 140 g/mol. The van der Waals surface area contributed by atoms with E-state index < -0.39 is 5.97 Å². The molecule has 0 heterocycles. The fraction of sp³-hybridized carbons (Fsp3) is 0.889. The predicted octanol–water partition coefficient (Wildman–Crippen LogP) is 2.53. The van der Waals surface area contributed by atoms with E-state index in [1.165, 1.54) is 0 Å². The highest BCUT2D eigenvalue weighted by Crippen LogP contribution is 2.11. The monoisotopic (exact) mass is 158 g/mol. The molecule has 0 amide bonds. The summed E-state index contributed by atoms with van der Waals surface area (Å²) in [5, 5.41) is 8.55. The summed E-state index contributed by atoms with van der Waals surface area (Å²) >= 11 is 0. The summed E-state index contributed by atoms with van der Waals surface area (Å²) in [4.78, 5) is 10.4. The van der Waals surface area contributed by atoms with Crippen molar-refractivity contribution in [2.45, 2.75) is 40.0 Å². The van der Waals surface area contributed by atoms with E-state index in [2.05, 4.69) is 13.8 Å². The molecule has 0 saturated carbocycles. The van der Waals surface area contributed by atoms with Crippen molar-refractivity contribution >= 4 is 5.97 Å². The lowest BCUT2D eigenvalue weighted by Gasteiger charge is -2.06. The van der Waals surface area contributed by atoms with Crippen molar-refractivity contribution in [3.8, 4) is 0 Å². The van der Waals surface area contributed by atoms with Gasteiger partial charge in [0, 0.05) is 0 Å². The van der Waals surface area contributed by atoms with Crippen LogP contribution in [0.25, 0.3) is 0 Å². The maximum absolute atomic E-state index is 10.4. The van der Waals surface area contributed by atoms with Crippen LogP contribution in [0, 0.1) is 11.8 Å². The zero-order chi connectivity index (χ0) is 8.85. The lowest BCUT2D eigenvalue weighted by molar-refractivity contribution is -0.141. The van der Waals surface area contributed by atoms with Gasteiger partial charge in [0.15, 0.2) is 0 Å². The highest BCUT2D eigenvalue weighted by molar-refractivity contribution is 5.69. The Morgan fingerprint density at radius 3 is 2.18 bits per heavy atom. The van der Waals surface area contributed by atoms with Gasteiger partial charge >= 0.3 is 5.97 Å². The van der Waals surface area contributed by atoms with Gasteiger partial charge < -0.3 is 5.11 Å². The summed E-state index contributed by atoms with van der Waals surface area (Å²) < 4.78 is 0. The normalized spacial score (nSPS) is 13.5. The van der Waals surface area contributed by atoms with E-state index in [1.54, 1.807) is 6.92 Å². The second-order valence-corrected chi connectivity index (χ2v) is 3.56. The quantitative estimate of drug-likeness (QED) is 0.667. The average Bonchev–Trinajstić information content (AvgIpc) is 1.86. The van der Waals surface area contributed by atoms with Crippen LogP contribution < -0.4 is 0 Å². The van der Waals surface area contributed by atoms with E-state index >= 15 is 0 Å². The molecular formula is C9H18O2. The standard InChI is InChI=1S/C9H18O2/c1-7(2)5-4-6-8(3)9(10)11/h7-8H,4-6H2,1-3H3,(H,10,11)/t8-/m0/s1. The maximum Gasteiger partial charge on any atom is 0.306 e. The molecule has 66 valence electrons. The minimum atomic E-state index is -0.672. The number of carboxylic acid groups (broad SMARTS) is 1. The SMILES string of the molecule is CC(C)CCC[C@H](C)C(=O)O. The van der Waals surface area contributed by atoms with E-state index in [9.17, 15) is 4.79 Å². The van der Waals surface area contributed by atoms with Gasteiger partial charge in [0.05, 0.1) is 5.92 Å². The van der Waals surface area contributed by atoms with Crippen molar-refractivity contribution in [1.29, 1.82) is 0 Å². The third kappa shape index (κ3) is 5.89. The Balaban J connectivity index is 3.31. The number of hydrogen-bond acceptors (Lipinski definition) is 1. The first-order valence-electron chi connectivity index (χ1n) is 4.26. The van der Waals surface area contributed by atoms with Gasteiger partial charge in [-0.15, -0.1) is 0 Å². The van der Waals surface area contributed by atoms with Crippen molar-refractivity contribution in [2.75, 3.05) is 0 Å². The summed E-state index contributed by atoms with van der Waals surface area (Å²) in [5.41, 5.74) is 0. The van der Waals surface area contributed by atoms with Crippen LogP contribution in [0.2, 0.25) is 0 Å². The molecule has 11 heavy (non-hydrogen) atoms. The van der Waals surface area contributed by atoms with Crippen LogP contribution in [0.1, 0.15) is 40.0 Å². The molecule has 1 N–H and O–H groups in total. The Bertz CT molecular complexity index is 119. The molecule has 2 heteroatoms. The molecule has 0 aromatic rings. The van der Waals surface area contributed by atoms with Gasteiger partial charge in [-0.3, -0.25) is 4.79 Å². The second-order valence-electron chi connectivity index (χ2n) is 3.56. The zero-order valence-corrected chi connectivity index (χ0v) is 7.63. The van der Waals surface area contributed by atoms with Gasteiger partial charge in [-0.2, -0.15) is 0 Å². The largest absolute Gasteiger partial charge is 0.481 e. The van der Waals surface area contributed by atoms with Crippen molar-refractivity contribution in [3.05, 3.63) is 0 Å². The Morgan fingerprint density at radius 2 is 1.82 bits per heavy atom. The zero-order valence-electron chi connectivity index (χ0n) is 7.63. The smallest absolute Gasteiger partial charge is 0.306 e. The van der Waals surface area contributed by atoms with Crippen molar-refractivity contribution < 1.29 is 9.90 Å². The second kappa shape index (κ2) is 5.16. The molecule has 0 rings (SSSR count). The summed E-state index contributed by atoms with van der Waals surface area (Å²) in [6.45, 7) is 6.08. The van der Waals surface area contributed by atoms with Gasteiger partial charge in [-0.05, 0) is 12.3 Å². The van der Waals surface area contributed by atoms with Crippen LogP contribution in [0.5, 0.6) is 0 Å². The fourth-order valence-electron chi connectivity index (χ4n) is 0.956. The number of rotatable bonds is 5. The van der Waals surface area contributed by atoms with Crippen LogP contribution in [0.15, 0.2) is 0 Å². The minimum Gasteiger partial charge on any atom is -0.481 e. The number of carboxylic acids is 1. The van der Waals surface area contributed by atoms with E-state index in [-0.39, 0.29) is 5.92 Å². The Morgan fingerprint density at radius 1 is 1.27 bits per heavy atom. The summed E-state index contributed by atoms with van der Waals surface area (Å²) in [6.07, 6.45) is 2.98. The highest BCUT2D eigenvalue weighted by atomic mass is 16.4. The van der Waals surface area contributed by atoms with Crippen LogP contribution >= 0.6 is 0 Å². The van der Waals surface area contributed by atoms with Gasteiger partial charge in [0.25, 0.3) is 0 Å². The van der Waals surface area contributed by atoms with Crippen molar-refractivity contribution in [1.82, 2.24) is 0 Å². The van der Waals surface area contributed by atoms with Crippen molar-refractivity contribution in [3.63, 3.8) is 0 Å². The van der Waals surface area contributed by atoms with Crippen LogP contribution in [0.4, 0.5) is 0 Å². The molecule has 0 saturated heterocycles. The maximum atomic E-state index is 10.4. The molecule has 0 aliphatic carbocycles. The Kier molecular flexibility index (Phi) is 4.92. The van der Waals surface area contributed by atoms with Crippen LogP contribution in [0.3, 0.4) is 0 Å². The van der Waals surface area contributed by atoms with Gasteiger partial charge in [-0.1, -0.05) is 33.6 Å². The molecule has 0 radical (unpaired) electrons. The highest BCUT2D eigenvalue weighted by Gasteiger charge is 2.09. The molecule has 0 aromatic carbocycles. The van der Waals surface area contributed by atoms with Crippen LogP contribution in [-0.2, 0) is 4.79 Å². The van der Waals surface area contributed by atoms with E-state index in [0.29, 0.717) is 5.92 Å². The van der Waals surface area contributed by atoms with Crippen LogP contribution in [-0.4, -0.2) is 11.1 Å². The molecule has 1 atom stereocenters. The topological polar surface area (TPSA) is 37.3 Å². The molecule has 0 aromatic heterocycles. The first-order valence-corrected chi connectivity index (χ1v) is 4.26. The lowest BCUT2D eigenvalue weighted by atomic mass is 10.00. The molecule has 0 aliphatic heterocycles. The summed E-state index contributed by atoms with van der Waals surface area (Å²) in [6, 6.07) is 0. The predicted molar refractivity (Wildman–Crippen MR) is 45.5 cm³/mol.